The predicted octanol–water partition coefficient (Wildman–Crippen LogP) is 5.03. The van der Waals surface area contributed by atoms with Crippen molar-refractivity contribution in [1.29, 1.82) is 0 Å². The van der Waals surface area contributed by atoms with Crippen molar-refractivity contribution in [3.8, 4) is 17.2 Å². The highest BCUT2D eigenvalue weighted by molar-refractivity contribution is 6.14. The van der Waals surface area contributed by atoms with Crippen LogP contribution in [0.2, 0.25) is 0 Å². The summed E-state index contributed by atoms with van der Waals surface area (Å²) in [7, 11) is 1.57. The Hall–Kier alpha value is -3.60. The van der Waals surface area contributed by atoms with E-state index in [-0.39, 0.29) is 24.0 Å². The SMILES string of the molecule is COc1ccccc1/C=C1\Oc2cc(OCc3ccccc3F)ccc2C1=O. The van der Waals surface area contributed by atoms with Gasteiger partial charge in [-0.25, -0.2) is 4.39 Å². The second kappa shape index (κ2) is 7.56. The van der Waals surface area contributed by atoms with Crippen molar-refractivity contribution in [2.24, 2.45) is 0 Å². The molecule has 140 valence electrons. The van der Waals surface area contributed by atoms with E-state index in [0.717, 1.165) is 5.56 Å². The van der Waals surface area contributed by atoms with Crippen LogP contribution in [0.25, 0.3) is 6.08 Å². The molecule has 0 aromatic heterocycles. The molecular weight excluding hydrogens is 359 g/mol. The lowest BCUT2D eigenvalue weighted by Crippen LogP contribution is -1.99. The van der Waals surface area contributed by atoms with Gasteiger partial charge in [-0.3, -0.25) is 4.79 Å². The predicted molar refractivity (Wildman–Crippen MR) is 103 cm³/mol. The molecule has 1 aliphatic rings. The molecule has 3 aromatic rings. The molecule has 28 heavy (non-hydrogen) atoms. The van der Waals surface area contributed by atoms with Gasteiger partial charge < -0.3 is 14.2 Å². The van der Waals surface area contributed by atoms with Crippen molar-refractivity contribution < 1.29 is 23.4 Å². The third-order valence-corrected chi connectivity index (χ3v) is 4.42. The van der Waals surface area contributed by atoms with Gasteiger partial charge in [0.1, 0.15) is 29.7 Å². The van der Waals surface area contributed by atoms with Crippen LogP contribution in [0, 0.1) is 5.82 Å². The largest absolute Gasteiger partial charge is 0.496 e. The Morgan fingerprint density at radius 2 is 1.82 bits per heavy atom. The minimum absolute atomic E-state index is 0.0866. The molecule has 0 fully saturated rings. The first-order valence-corrected chi connectivity index (χ1v) is 8.73. The maximum Gasteiger partial charge on any atom is 0.231 e. The zero-order valence-electron chi connectivity index (χ0n) is 15.1. The van der Waals surface area contributed by atoms with Crippen molar-refractivity contribution in [3.05, 3.63) is 95.0 Å². The average molecular weight is 376 g/mol. The number of halogens is 1. The molecular formula is C23H17FO4. The Bertz CT molecular complexity index is 1070. The molecule has 1 heterocycles. The normalized spacial score (nSPS) is 13.9. The number of carbonyl (C=O) groups excluding carboxylic acids is 1. The number of ether oxygens (including phenoxy) is 3. The third-order valence-electron chi connectivity index (χ3n) is 4.42. The summed E-state index contributed by atoms with van der Waals surface area (Å²) < 4.78 is 30.4. The number of carbonyl (C=O) groups is 1. The Labute approximate surface area is 161 Å². The smallest absolute Gasteiger partial charge is 0.231 e. The third kappa shape index (κ3) is 3.47. The van der Waals surface area contributed by atoms with Crippen molar-refractivity contribution in [2.75, 3.05) is 7.11 Å². The minimum Gasteiger partial charge on any atom is -0.496 e. The molecule has 0 bridgehead atoms. The van der Waals surface area contributed by atoms with E-state index >= 15 is 0 Å². The number of methoxy groups -OCH3 is 1. The molecule has 0 saturated carbocycles. The van der Waals surface area contributed by atoms with Gasteiger partial charge >= 0.3 is 0 Å². The summed E-state index contributed by atoms with van der Waals surface area (Å²) in [5.41, 5.74) is 1.66. The first-order valence-electron chi connectivity index (χ1n) is 8.73. The molecule has 0 saturated heterocycles. The van der Waals surface area contributed by atoms with Crippen LogP contribution in [0.15, 0.2) is 72.5 Å². The van der Waals surface area contributed by atoms with Gasteiger partial charge in [-0.1, -0.05) is 36.4 Å². The Morgan fingerprint density at radius 3 is 2.64 bits per heavy atom. The van der Waals surface area contributed by atoms with Gasteiger partial charge in [-0.05, 0) is 30.3 Å². The number of para-hydroxylation sites is 1. The number of rotatable bonds is 5. The number of Topliss-reactive ketones (excluding diaryl/α,β-unsaturated/α-hetero) is 1. The topological polar surface area (TPSA) is 44.8 Å². The fourth-order valence-electron chi connectivity index (χ4n) is 2.96. The first-order chi connectivity index (χ1) is 13.7. The number of ketones is 1. The molecule has 4 nitrogen and oxygen atoms in total. The van der Waals surface area contributed by atoms with Crippen LogP contribution in [-0.2, 0) is 6.61 Å². The maximum absolute atomic E-state index is 13.7. The Balaban J connectivity index is 1.54. The van der Waals surface area contributed by atoms with E-state index in [1.54, 1.807) is 49.6 Å². The van der Waals surface area contributed by atoms with Gasteiger partial charge in [0.2, 0.25) is 5.78 Å². The highest BCUT2D eigenvalue weighted by Crippen LogP contribution is 2.36. The van der Waals surface area contributed by atoms with E-state index in [1.165, 1.54) is 6.07 Å². The summed E-state index contributed by atoms with van der Waals surface area (Å²) >= 11 is 0. The van der Waals surface area contributed by atoms with Gasteiger partial charge in [0.15, 0.2) is 5.76 Å². The van der Waals surface area contributed by atoms with Gasteiger partial charge in [0.05, 0.1) is 12.7 Å². The molecule has 1 aliphatic heterocycles. The van der Waals surface area contributed by atoms with Crippen LogP contribution in [0.1, 0.15) is 21.5 Å². The highest BCUT2D eigenvalue weighted by atomic mass is 19.1. The molecule has 4 rings (SSSR count). The molecule has 3 aromatic carbocycles. The molecule has 0 atom stereocenters. The van der Waals surface area contributed by atoms with Gasteiger partial charge in [0.25, 0.3) is 0 Å². The molecule has 5 heteroatoms. The van der Waals surface area contributed by atoms with E-state index in [1.807, 2.05) is 24.3 Å². The van der Waals surface area contributed by atoms with Crippen LogP contribution in [-0.4, -0.2) is 12.9 Å². The fraction of sp³-hybridized carbons (Fsp3) is 0.0870. The van der Waals surface area contributed by atoms with Gasteiger partial charge in [-0.15, -0.1) is 0 Å². The van der Waals surface area contributed by atoms with Crippen molar-refractivity contribution in [1.82, 2.24) is 0 Å². The highest BCUT2D eigenvalue weighted by Gasteiger charge is 2.28. The van der Waals surface area contributed by atoms with E-state index < -0.39 is 0 Å². The Morgan fingerprint density at radius 1 is 1.04 bits per heavy atom. The van der Waals surface area contributed by atoms with E-state index in [2.05, 4.69) is 0 Å². The summed E-state index contributed by atoms with van der Waals surface area (Å²) in [5, 5.41) is 0. The lowest BCUT2D eigenvalue weighted by molar-refractivity contribution is 0.101. The zero-order valence-corrected chi connectivity index (χ0v) is 15.1. The molecule has 0 N–H and O–H groups in total. The quantitative estimate of drug-likeness (QED) is 0.586. The standard InChI is InChI=1S/C23H17FO4/c1-26-20-9-5-3-6-15(20)12-22-23(25)18-11-10-17(13-21(18)28-22)27-14-16-7-2-4-8-19(16)24/h2-13H,14H2,1H3/b22-12-. The van der Waals surface area contributed by atoms with Crippen LogP contribution in [0.5, 0.6) is 17.2 Å². The average Bonchev–Trinajstić information content (AvgIpc) is 3.02. The number of allylic oxidation sites excluding steroid dienone is 1. The Kier molecular flexibility index (Phi) is 4.81. The fourth-order valence-corrected chi connectivity index (χ4v) is 2.96. The van der Waals surface area contributed by atoms with Crippen LogP contribution < -0.4 is 14.2 Å². The van der Waals surface area contributed by atoms with E-state index in [0.29, 0.717) is 28.4 Å². The molecule has 0 spiro atoms. The van der Waals surface area contributed by atoms with Crippen LogP contribution in [0.3, 0.4) is 0 Å². The van der Waals surface area contributed by atoms with Crippen molar-refractivity contribution in [2.45, 2.75) is 6.61 Å². The monoisotopic (exact) mass is 376 g/mol. The summed E-state index contributed by atoms with van der Waals surface area (Å²) in [6.07, 6.45) is 1.65. The van der Waals surface area contributed by atoms with Crippen molar-refractivity contribution in [3.63, 3.8) is 0 Å². The number of hydrogen-bond donors (Lipinski definition) is 0. The van der Waals surface area contributed by atoms with Crippen LogP contribution >= 0.6 is 0 Å². The summed E-state index contributed by atoms with van der Waals surface area (Å²) in [5.74, 6) is 1.24. The molecule has 0 aliphatic carbocycles. The number of benzene rings is 3. The lowest BCUT2D eigenvalue weighted by Gasteiger charge is -2.08. The second-order valence-corrected chi connectivity index (χ2v) is 6.22. The first kappa shape index (κ1) is 17.8. The summed E-state index contributed by atoms with van der Waals surface area (Å²) in [6, 6.07) is 18.8. The summed E-state index contributed by atoms with van der Waals surface area (Å²) in [4.78, 5) is 12.6. The minimum atomic E-state index is -0.322. The van der Waals surface area contributed by atoms with Gasteiger partial charge in [-0.2, -0.15) is 0 Å². The maximum atomic E-state index is 13.7. The van der Waals surface area contributed by atoms with E-state index in [9.17, 15) is 9.18 Å². The molecule has 0 amide bonds. The van der Waals surface area contributed by atoms with E-state index in [4.69, 9.17) is 14.2 Å². The zero-order chi connectivity index (χ0) is 19.5. The van der Waals surface area contributed by atoms with Gasteiger partial charge in [0, 0.05) is 17.2 Å². The molecule has 0 radical (unpaired) electrons. The van der Waals surface area contributed by atoms with Crippen molar-refractivity contribution >= 4 is 11.9 Å². The summed E-state index contributed by atoms with van der Waals surface area (Å²) in [6.45, 7) is 0.0866. The number of hydrogen-bond acceptors (Lipinski definition) is 4. The molecule has 0 unspecified atom stereocenters. The second-order valence-electron chi connectivity index (χ2n) is 6.22. The van der Waals surface area contributed by atoms with Crippen LogP contribution in [0.4, 0.5) is 4.39 Å². The lowest BCUT2D eigenvalue weighted by atomic mass is 10.1. The number of fused-ring (bicyclic) bond motifs is 1.